The van der Waals surface area contributed by atoms with Crippen molar-refractivity contribution in [1.82, 2.24) is 19.7 Å². The molecule has 27 heavy (non-hydrogen) atoms. The number of hydrogen-bond donors (Lipinski definition) is 0. The molecule has 0 fully saturated rings. The van der Waals surface area contributed by atoms with Gasteiger partial charge in [-0.05, 0) is 37.5 Å². The maximum absolute atomic E-state index is 5.99. The minimum absolute atomic E-state index is 0.341. The molecule has 6 nitrogen and oxygen atoms in total. The molecule has 0 spiro atoms. The van der Waals surface area contributed by atoms with Crippen molar-refractivity contribution in [1.29, 1.82) is 0 Å². The van der Waals surface area contributed by atoms with Crippen LogP contribution in [0.1, 0.15) is 18.2 Å². The van der Waals surface area contributed by atoms with Crippen molar-refractivity contribution in [2.75, 3.05) is 7.05 Å². The molecule has 138 valence electrons. The van der Waals surface area contributed by atoms with Gasteiger partial charge in [-0.15, -0.1) is 5.10 Å². The van der Waals surface area contributed by atoms with E-state index in [1.807, 2.05) is 37.4 Å². The summed E-state index contributed by atoms with van der Waals surface area (Å²) in [6, 6.07) is 11.9. The summed E-state index contributed by atoms with van der Waals surface area (Å²) in [6.45, 7) is 3.36. The Balaban J connectivity index is 1.56. The number of nitrogens with zero attached hydrogens (tertiary/aromatic N) is 4. The van der Waals surface area contributed by atoms with Crippen LogP contribution in [0.2, 0.25) is 0 Å². The molecule has 0 bridgehead atoms. The molecule has 0 aliphatic carbocycles. The van der Waals surface area contributed by atoms with Gasteiger partial charge >= 0.3 is 0 Å². The standard InChI is InChI=1S/C20H20N4O2S/c1-3-17-16(15-8-4-5-9-18(15)25-17)12-23(2)13-24-20(27)26-19(22-24)14-7-6-10-21-11-14/h4-11H,3,12-13H2,1-2H3. The van der Waals surface area contributed by atoms with Crippen LogP contribution in [0.4, 0.5) is 0 Å². The summed E-state index contributed by atoms with van der Waals surface area (Å²) in [5.41, 5.74) is 2.94. The van der Waals surface area contributed by atoms with Crippen LogP contribution >= 0.6 is 12.2 Å². The quantitative estimate of drug-likeness (QED) is 0.453. The minimum Gasteiger partial charge on any atom is -0.461 e. The minimum atomic E-state index is 0.341. The number of fused-ring (bicyclic) bond motifs is 1. The Bertz CT molecular complexity index is 1110. The van der Waals surface area contributed by atoms with Crippen molar-refractivity contribution >= 4 is 23.2 Å². The highest BCUT2D eigenvalue weighted by Gasteiger charge is 2.16. The number of rotatable bonds is 6. The molecule has 0 aliphatic heterocycles. The van der Waals surface area contributed by atoms with Crippen LogP contribution in [0, 0.1) is 4.84 Å². The summed E-state index contributed by atoms with van der Waals surface area (Å²) in [5.74, 6) is 1.49. The van der Waals surface area contributed by atoms with Gasteiger partial charge in [-0.2, -0.15) is 0 Å². The van der Waals surface area contributed by atoms with Crippen LogP contribution in [0.3, 0.4) is 0 Å². The lowest BCUT2D eigenvalue weighted by Gasteiger charge is -2.16. The molecule has 0 unspecified atom stereocenters. The largest absolute Gasteiger partial charge is 0.461 e. The van der Waals surface area contributed by atoms with E-state index in [4.69, 9.17) is 21.1 Å². The molecule has 3 aromatic heterocycles. The number of hydrogen-bond acceptors (Lipinski definition) is 6. The van der Waals surface area contributed by atoms with Gasteiger partial charge in [0, 0.05) is 36.3 Å². The Morgan fingerprint density at radius 1 is 1.15 bits per heavy atom. The first-order valence-corrected chi connectivity index (χ1v) is 9.22. The van der Waals surface area contributed by atoms with Gasteiger partial charge in [0.2, 0.25) is 5.89 Å². The highest BCUT2D eigenvalue weighted by molar-refractivity contribution is 7.71. The molecule has 0 atom stereocenters. The molecule has 0 saturated carbocycles. The van der Waals surface area contributed by atoms with Gasteiger partial charge < -0.3 is 8.83 Å². The summed E-state index contributed by atoms with van der Waals surface area (Å²) in [7, 11) is 2.03. The molecule has 4 aromatic rings. The SMILES string of the molecule is CCc1oc2ccccc2c1CN(C)Cn1nc(-c2cccnc2)oc1=S. The molecular weight excluding hydrogens is 360 g/mol. The second-order valence-electron chi connectivity index (χ2n) is 6.42. The van der Waals surface area contributed by atoms with Crippen LogP contribution in [0.15, 0.2) is 57.6 Å². The first kappa shape index (κ1) is 17.6. The molecule has 0 amide bonds. The Morgan fingerprint density at radius 3 is 2.78 bits per heavy atom. The van der Waals surface area contributed by atoms with Crippen molar-refractivity contribution in [3.8, 4) is 11.5 Å². The third-order valence-corrected chi connectivity index (χ3v) is 4.72. The number of aryl methyl sites for hydroxylation is 1. The molecular formula is C20H20N4O2S. The normalized spacial score (nSPS) is 11.5. The fourth-order valence-electron chi connectivity index (χ4n) is 3.16. The fraction of sp³-hybridized carbons (Fsp3) is 0.250. The lowest BCUT2D eigenvalue weighted by molar-refractivity contribution is 0.239. The van der Waals surface area contributed by atoms with Gasteiger partial charge in [0.25, 0.3) is 4.84 Å². The molecule has 0 aliphatic rings. The van der Waals surface area contributed by atoms with E-state index in [1.165, 1.54) is 5.56 Å². The summed E-state index contributed by atoms with van der Waals surface area (Å²) < 4.78 is 13.3. The zero-order chi connectivity index (χ0) is 18.8. The molecule has 0 saturated heterocycles. The van der Waals surface area contributed by atoms with Crippen molar-refractivity contribution in [2.45, 2.75) is 26.6 Å². The molecule has 1 aromatic carbocycles. The number of benzene rings is 1. The van der Waals surface area contributed by atoms with Gasteiger partial charge in [-0.1, -0.05) is 25.1 Å². The molecule has 0 N–H and O–H groups in total. The van der Waals surface area contributed by atoms with E-state index in [0.717, 1.165) is 35.3 Å². The number of furan rings is 1. The van der Waals surface area contributed by atoms with E-state index in [0.29, 0.717) is 17.4 Å². The van der Waals surface area contributed by atoms with Gasteiger partial charge in [0.05, 0.1) is 12.2 Å². The second-order valence-corrected chi connectivity index (χ2v) is 6.77. The molecule has 3 heterocycles. The van der Waals surface area contributed by atoms with Crippen LogP contribution in [0.25, 0.3) is 22.4 Å². The van der Waals surface area contributed by atoms with E-state index < -0.39 is 0 Å². The van der Waals surface area contributed by atoms with Gasteiger partial charge in [-0.3, -0.25) is 9.88 Å². The average Bonchev–Trinajstić information content (AvgIpc) is 3.23. The monoisotopic (exact) mass is 380 g/mol. The van der Waals surface area contributed by atoms with E-state index in [-0.39, 0.29) is 0 Å². The maximum atomic E-state index is 5.99. The third kappa shape index (κ3) is 3.56. The maximum Gasteiger partial charge on any atom is 0.288 e. The Labute approximate surface area is 162 Å². The van der Waals surface area contributed by atoms with Crippen molar-refractivity contribution in [2.24, 2.45) is 0 Å². The third-order valence-electron chi connectivity index (χ3n) is 4.42. The highest BCUT2D eigenvalue weighted by atomic mass is 32.1. The van der Waals surface area contributed by atoms with Crippen molar-refractivity contribution in [3.63, 3.8) is 0 Å². The van der Waals surface area contributed by atoms with E-state index in [2.05, 4.69) is 28.0 Å². The fourth-order valence-corrected chi connectivity index (χ4v) is 3.34. The van der Waals surface area contributed by atoms with Crippen molar-refractivity contribution < 1.29 is 8.83 Å². The van der Waals surface area contributed by atoms with Gasteiger partial charge in [0.15, 0.2) is 0 Å². The van der Waals surface area contributed by atoms with E-state index in [9.17, 15) is 0 Å². The molecule has 4 rings (SSSR count). The first-order chi connectivity index (χ1) is 13.2. The zero-order valence-corrected chi connectivity index (χ0v) is 16.1. The zero-order valence-electron chi connectivity index (χ0n) is 15.3. The molecule has 7 heteroatoms. The lowest BCUT2D eigenvalue weighted by Crippen LogP contribution is -2.22. The molecule has 0 radical (unpaired) electrons. The predicted octanol–water partition coefficient (Wildman–Crippen LogP) is 4.67. The number of para-hydroxylation sites is 1. The Kier molecular flexibility index (Phi) is 4.87. The lowest BCUT2D eigenvalue weighted by atomic mass is 10.1. The average molecular weight is 380 g/mol. The predicted molar refractivity (Wildman–Crippen MR) is 106 cm³/mol. The summed E-state index contributed by atoms with van der Waals surface area (Å²) in [6.07, 6.45) is 4.27. The second kappa shape index (κ2) is 7.46. The highest BCUT2D eigenvalue weighted by Crippen LogP contribution is 2.27. The van der Waals surface area contributed by atoms with Crippen LogP contribution in [-0.4, -0.2) is 26.7 Å². The Morgan fingerprint density at radius 2 is 2.00 bits per heavy atom. The van der Waals surface area contributed by atoms with Crippen molar-refractivity contribution in [3.05, 3.63) is 65.0 Å². The topological polar surface area (TPSA) is 60.2 Å². The smallest absolute Gasteiger partial charge is 0.288 e. The first-order valence-electron chi connectivity index (χ1n) is 8.82. The van der Waals surface area contributed by atoms with E-state index >= 15 is 0 Å². The van der Waals surface area contributed by atoms with Gasteiger partial charge in [0.1, 0.15) is 11.3 Å². The summed E-state index contributed by atoms with van der Waals surface area (Å²) in [5, 5.41) is 5.65. The summed E-state index contributed by atoms with van der Waals surface area (Å²) in [4.78, 5) is 6.58. The van der Waals surface area contributed by atoms with E-state index in [1.54, 1.807) is 17.1 Å². The van der Waals surface area contributed by atoms with Gasteiger partial charge in [-0.25, -0.2) is 4.68 Å². The van der Waals surface area contributed by atoms with Crippen LogP contribution in [-0.2, 0) is 19.6 Å². The number of pyridine rings is 1. The summed E-state index contributed by atoms with van der Waals surface area (Å²) >= 11 is 5.33. The Hall–Kier alpha value is -2.77. The number of aromatic nitrogens is 3. The van der Waals surface area contributed by atoms with Crippen LogP contribution < -0.4 is 0 Å². The van der Waals surface area contributed by atoms with Crippen LogP contribution in [0.5, 0.6) is 0 Å².